The summed E-state index contributed by atoms with van der Waals surface area (Å²) in [6.45, 7) is 2.94. The summed E-state index contributed by atoms with van der Waals surface area (Å²) in [5.41, 5.74) is 0.218. The molecule has 1 saturated carbocycles. The monoisotopic (exact) mass is 264 g/mol. The zero-order valence-corrected chi connectivity index (χ0v) is 11.6. The lowest BCUT2D eigenvalue weighted by Crippen LogP contribution is -2.36. The van der Waals surface area contributed by atoms with Gasteiger partial charge in [0.1, 0.15) is 5.82 Å². The molecule has 0 amide bonds. The molecule has 1 atom stereocenters. The molecule has 0 aromatic carbocycles. The van der Waals surface area contributed by atoms with Crippen molar-refractivity contribution in [2.45, 2.75) is 31.8 Å². The molecule has 0 bridgehead atoms. The number of hydrogen-bond acceptors (Lipinski definition) is 6. The molecular formula is C13H20N4O2. The van der Waals surface area contributed by atoms with Crippen LogP contribution in [-0.2, 0) is 4.74 Å². The number of likely N-dealkylation sites (N-methyl/N-ethyl adjacent to an activating group) is 1. The summed E-state index contributed by atoms with van der Waals surface area (Å²) >= 11 is 0. The lowest BCUT2D eigenvalue weighted by Gasteiger charge is -2.24. The third kappa shape index (κ3) is 3.64. The average Bonchev–Trinajstić information content (AvgIpc) is 3.28. The SMILES string of the molecule is COC(=O)c1cncc(NCC(C)N(C)C2CC2)n1. The molecule has 1 fully saturated rings. The van der Waals surface area contributed by atoms with Crippen LogP contribution in [0.15, 0.2) is 12.4 Å². The summed E-state index contributed by atoms with van der Waals surface area (Å²) in [4.78, 5) is 21.9. The van der Waals surface area contributed by atoms with Gasteiger partial charge in [-0.15, -0.1) is 0 Å². The Labute approximate surface area is 113 Å². The Bertz CT molecular complexity index is 448. The molecule has 1 unspecified atom stereocenters. The van der Waals surface area contributed by atoms with Crippen LogP contribution in [0.3, 0.4) is 0 Å². The van der Waals surface area contributed by atoms with Crippen LogP contribution in [-0.4, -0.2) is 53.6 Å². The maximum atomic E-state index is 11.3. The first kappa shape index (κ1) is 13.7. The molecule has 1 heterocycles. The Morgan fingerprint density at radius 1 is 1.58 bits per heavy atom. The Morgan fingerprint density at radius 2 is 2.32 bits per heavy atom. The molecule has 19 heavy (non-hydrogen) atoms. The van der Waals surface area contributed by atoms with E-state index < -0.39 is 5.97 Å². The van der Waals surface area contributed by atoms with Crippen molar-refractivity contribution in [1.29, 1.82) is 0 Å². The molecule has 1 N–H and O–H groups in total. The summed E-state index contributed by atoms with van der Waals surface area (Å²) in [6.07, 6.45) is 5.59. The van der Waals surface area contributed by atoms with Crippen molar-refractivity contribution in [3.05, 3.63) is 18.1 Å². The number of hydrogen-bond donors (Lipinski definition) is 1. The van der Waals surface area contributed by atoms with Gasteiger partial charge in [-0.05, 0) is 26.8 Å². The maximum absolute atomic E-state index is 11.3. The van der Waals surface area contributed by atoms with Crippen LogP contribution < -0.4 is 5.32 Å². The number of rotatable bonds is 6. The van der Waals surface area contributed by atoms with Gasteiger partial charge in [0.15, 0.2) is 5.69 Å². The summed E-state index contributed by atoms with van der Waals surface area (Å²) in [6, 6.07) is 1.14. The van der Waals surface area contributed by atoms with E-state index in [4.69, 9.17) is 0 Å². The molecule has 0 radical (unpaired) electrons. The van der Waals surface area contributed by atoms with Crippen LogP contribution in [0.25, 0.3) is 0 Å². The summed E-state index contributed by atoms with van der Waals surface area (Å²) in [5, 5.41) is 3.20. The Morgan fingerprint density at radius 3 is 2.95 bits per heavy atom. The second-order valence-corrected chi connectivity index (χ2v) is 4.91. The van der Waals surface area contributed by atoms with Crippen LogP contribution in [0, 0.1) is 0 Å². The molecular weight excluding hydrogens is 244 g/mol. The number of anilines is 1. The van der Waals surface area contributed by atoms with Crippen LogP contribution in [0.1, 0.15) is 30.3 Å². The van der Waals surface area contributed by atoms with Gasteiger partial charge in [0.25, 0.3) is 0 Å². The lowest BCUT2D eigenvalue weighted by molar-refractivity contribution is 0.0593. The number of esters is 1. The van der Waals surface area contributed by atoms with Gasteiger partial charge in [0, 0.05) is 18.6 Å². The van der Waals surface area contributed by atoms with E-state index in [0.717, 1.165) is 12.6 Å². The van der Waals surface area contributed by atoms with E-state index in [9.17, 15) is 4.79 Å². The molecule has 1 aliphatic rings. The molecule has 1 aromatic rings. The van der Waals surface area contributed by atoms with Crippen molar-refractivity contribution in [3.63, 3.8) is 0 Å². The highest BCUT2D eigenvalue weighted by Crippen LogP contribution is 2.26. The molecule has 1 aliphatic carbocycles. The van der Waals surface area contributed by atoms with Crippen molar-refractivity contribution >= 4 is 11.8 Å². The first-order valence-electron chi connectivity index (χ1n) is 6.48. The van der Waals surface area contributed by atoms with E-state index in [0.29, 0.717) is 11.9 Å². The Kier molecular flexibility index (Phi) is 4.31. The molecule has 6 nitrogen and oxygen atoms in total. The van der Waals surface area contributed by atoms with Crippen molar-refractivity contribution in [2.24, 2.45) is 0 Å². The average molecular weight is 264 g/mol. The smallest absolute Gasteiger partial charge is 0.358 e. The summed E-state index contributed by atoms with van der Waals surface area (Å²) < 4.78 is 4.62. The number of aromatic nitrogens is 2. The van der Waals surface area contributed by atoms with Gasteiger partial charge >= 0.3 is 5.97 Å². The van der Waals surface area contributed by atoms with Gasteiger partial charge in [-0.25, -0.2) is 9.78 Å². The number of carbonyl (C=O) groups excluding carboxylic acids is 1. The van der Waals surface area contributed by atoms with Crippen LogP contribution >= 0.6 is 0 Å². The first-order valence-corrected chi connectivity index (χ1v) is 6.48. The van der Waals surface area contributed by atoms with Gasteiger partial charge in [0.05, 0.1) is 19.5 Å². The van der Waals surface area contributed by atoms with Gasteiger partial charge in [-0.2, -0.15) is 0 Å². The quantitative estimate of drug-likeness (QED) is 0.778. The predicted octanol–water partition coefficient (Wildman–Crippen LogP) is 1.16. The maximum Gasteiger partial charge on any atom is 0.358 e. The second-order valence-electron chi connectivity index (χ2n) is 4.91. The predicted molar refractivity (Wildman–Crippen MR) is 72.1 cm³/mol. The zero-order valence-electron chi connectivity index (χ0n) is 11.6. The first-order chi connectivity index (χ1) is 9.11. The lowest BCUT2D eigenvalue weighted by atomic mass is 10.3. The second kappa shape index (κ2) is 5.97. The number of ether oxygens (including phenoxy) is 1. The molecule has 1 aromatic heterocycles. The number of methoxy groups -OCH3 is 1. The van der Waals surface area contributed by atoms with Gasteiger partial charge in [-0.3, -0.25) is 9.88 Å². The number of nitrogens with zero attached hydrogens (tertiary/aromatic N) is 3. The third-order valence-electron chi connectivity index (χ3n) is 3.43. The van der Waals surface area contributed by atoms with Crippen LogP contribution in [0.5, 0.6) is 0 Å². The Balaban J connectivity index is 1.89. The summed E-state index contributed by atoms with van der Waals surface area (Å²) in [7, 11) is 3.47. The molecule has 0 saturated heterocycles. The Hall–Kier alpha value is -1.69. The van der Waals surface area contributed by atoms with Gasteiger partial charge < -0.3 is 10.1 Å². The van der Waals surface area contributed by atoms with E-state index in [2.05, 4.69) is 38.9 Å². The minimum atomic E-state index is -0.473. The molecule has 0 spiro atoms. The highest BCUT2D eigenvalue weighted by Gasteiger charge is 2.28. The standard InChI is InChI=1S/C13H20N4O2/c1-9(17(2)10-4-5-10)6-15-12-8-14-7-11(16-12)13(18)19-3/h7-10H,4-6H2,1-3H3,(H,15,16). The van der Waals surface area contributed by atoms with E-state index in [1.807, 2.05) is 0 Å². The van der Waals surface area contributed by atoms with E-state index in [1.54, 1.807) is 6.20 Å². The highest BCUT2D eigenvalue weighted by atomic mass is 16.5. The van der Waals surface area contributed by atoms with Crippen molar-refractivity contribution in [1.82, 2.24) is 14.9 Å². The van der Waals surface area contributed by atoms with Gasteiger partial charge in [-0.1, -0.05) is 0 Å². The minimum absolute atomic E-state index is 0.218. The molecule has 104 valence electrons. The van der Waals surface area contributed by atoms with Crippen molar-refractivity contribution < 1.29 is 9.53 Å². The normalized spacial score (nSPS) is 16.2. The molecule has 6 heteroatoms. The zero-order chi connectivity index (χ0) is 13.8. The van der Waals surface area contributed by atoms with Crippen LogP contribution in [0.2, 0.25) is 0 Å². The number of nitrogens with one attached hydrogen (secondary N) is 1. The van der Waals surface area contributed by atoms with Gasteiger partial charge in [0.2, 0.25) is 0 Å². The minimum Gasteiger partial charge on any atom is -0.464 e. The largest absolute Gasteiger partial charge is 0.464 e. The van der Waals surface area contributed by atoms with E-state index >= 15 is 0 Å². The van der Waals surface area contributed by atoms with Crippen molar-refractivity contribution in [2.75, 3.05) is 26.0 Å². The van der Waals surface area contributed by atoms with E-state index in [-0.39, 0.29) is 5.69 Å². The fraction of sp³-hybridized carbons (Fsp3) is 0.615. The fourth-order valence-electron chi connectivity index (χ4n) is 1.89. The molecule has 0 aliphatic heterocycles. The summed E-state index contributed by atoms with van der Waals surface area (Å²) in [5.74, 6) is 0.123. The molecule has 2 rings (SSSR count). The topological polar surface area (TPSA) is 67.3 Å². The van der Waals surface area contributed by atoms with Crippen molar-refractivity contribution in [3.8, 4) is 0 Å². The fourth-order valence-corrected chi connectivity index (χ4v) is 1.89. The number of carbonyl (C=O) groups is 1. The highest BCUT2D eigenvalue weighted by molar-refractivity contribution is 5.87. The third-order valence-corrected chi connectivity index (χ3v) is 3.43. The van der Waals surface area contributed by atoms with Crippen LogP contribution in [0.4, 0.5) is 5.82 Å². The van der Waals surface area contributed by atoms with E-state index in [1.165, 1.54) is 26.1 Å².